The molecule has 122 valence electrons. The lowest BCUT2D eigenvalue weighted by molar-refractivity contribution is -0.183. The number of hydrogen-bond acceptors (Lipinski definition) is 4. The van der Waals surface area contributed by atoms with Gasteiger partial charge in [0.1, 0.15) is 5.83 Å². The molecule has 1 heterocycles. The van der Waals surface area contributed by atoms with E-state index in [1.807, 2.05) is 12.1 Å². The van der Waals surface area contributed by atoms with Gasteiger partial charge in [-0.05, 0) is 38.5 Å². The molecule has 0 aliphatic carbocycles. The van der Waals surface area contributed by atoms with Crippen molar-refractivity contribution in [2.45, 2.75) is 39.7 Å². The summed E-state index contributed by atoms with van der Waals surface area (Å²) in [6, 6.07) is 3.33. The Morgan fingerprint density at radius 2 is 2.13 bits per heavy atom. The van der Waals surface area contributed by atoms with Crippen LogP contribution in [-0.2, 0) is 9.63 Å². The molecule has 0 N–H and O–H groups in total. The van der Waals surface area contributed by atoms with E-state index in [4.69, 9.17) is 15.4 Å². The Kier molecular flexibility index (Phi) is 6.24. The summed E-state index contributed by atoms with van der Waals surface area (Å²) in [6.45, 7) is 8.94. The summed E-state index contributed by atoms with van der Waals surface area (Å²) in [4.78, 5) is 17.9. The predicted octanol–water partition coefficient (Wildman–Crippen LogP) is 3.34. The van der Waals surface area contributed by atoms with Gasteiger partial charge in [-0.15, -0.1) is 0 Å². The predicted molar refractivity (Wildman–Crippen MR) is 82.9 cm³/mol. The molecule has 0 saturated carbocycles. The Bertz CT molecular complexity index is 635. The van der Waals surface area contributed by atoms with Crippen LogP contribution < -0.4 is 0 Å². The van der Waals surface area contributed by atoms with Gasteiger partial charge in [-0.3, -0.25) is 9.63 Å². The second kappa shape index (κ2) is 7.71. The number of allylic oxidation sites excluding steroid dienone is 3. The normalized spacial score (nSPS) is 19.2. The first kappa shape index (κ1) is 18.6. The third kappa shape index (κ3) is 4.77. The van der Waals surface area contributed by atoms with Gasteiger partial charge in [0, 0.05) is 18.4 Å². The van der Waals surface area contributed by atoms with Gasteiger partial charge in [0.15, 0.2) is 0 Å². The Balaban J connectivity index is 2.94. The minimum atomic E-state index is -0.892. The third-order valence-corrected chi connectivity index (χ3v) is 3.49. The minimum Gasteiger partial charge on any atom is -0.272 e. The van der Waals surface area contributed by atoms with E-state index in [2.05, 4.69) is 6.58 Å². The number of halogens is 1. The molecule has 0 aromatic rings. The molecule has 1 aliphatic rings. The Hall–Kier alpha value is -2.44. The Morgan fingerprint density at radius 1 is 1.48 bits per heavy atom. The fraction of sp³-hybridized carbons (Fsp3) is 0.471. The molecule has 1 rings (SSSR count). The summed E-state index contributed by atoms with van der Waals surface area (Å²) in [7, 11) is 0. The van der Waals surface area contributed by atoms with E-state index in [0.717, 1.165) is 6.08 Å². The number of carbonyl (C=O) groups is 1. The monoisotopic (exact) mass is 317 g/mol. The molecule has 0 aromatic heterocycles. The van der Waals surface area contributed by atoms with Crippen molar-refractivity contribution < 1.29 is 14.0 Å². The number of hydroxylamine groups is 2. The molecular weight excluding hydrogens is 297 g/mol. The van der Waals surface area contributed by atoms with Crippen molar-refractivity contribution in [3.8, 4) is 12.1 Å². The van der Waals surface area contributed by atoms with Crippen LogP contribution in [0.4, 0.5) is 4.39 Å². The molecule has 23 heavy (non-hydrogen) atoms. The van der Waals surface area contributed by atoms with Crippen molar-refractivity contribution in [2.75, 3.05) is 6.61 Å². The van der Waals surface area contributed by atoms with Crippen molar-refractivity contribution in [2.24, 2.45) is 5.41 Å². The second-order valence-electron chi connectivity index (χ2n) is 6.03. The van der Waals surface area contributed by atoms with Crippen LogP contribution in [0, 0.1) is 28.1 Å². The zero-order valence-electron chi connectivity index (χ0n) is 13.6. The van der Waals surface area contributed by atoms with Crippen molar-refractivity contribution >= 4 is 5.91 Å². The number of carbonyl (C=O) groups excluding carboxylic acids is 1. The van der Waals surface area contributed by atoms with E-state index in [9.17, 15) is 9.18 Å². The SMILES string of the molecule is C=C(/C=C(F)\C=C(/C)C#N)[C@@H]1CCON1C(=O)C(C)(C)CC#N. The van der Waals surface area contributed by atoms with E-state index in [1.165, 1.54) is 18.1 Å². The molecule has 0 aromatic carbocycles. The molecule has 0 unspecified atom stereocenters. The second-order valence-corrected chi connectivity index (χ2v) is 6.03. The Labute approximate surface area is 135 Å². The average Bonchev–Trinajstić information content (AvgIpc) is 2.95. The van der Waals surface area contributed by atoms with Crippen molar-refractivity contribution in [3.63, 3.8) is 0 Å². The lowest BCUT2D eigenvalue weighted by Gasteiger charge is -2.30. The highest BCUT2D eigenvalue weighted by molar-refractivity contribution is 5.82. The zero-order valence-corrected chi connectivity index (χ0v) is 13.6. The van der Waals surface area contributed by atoms with Gasteiger partial charge in [-0.2, -0.15) is 10.5 Å². The highest BCUT2D eigenvalue weighted by atomic mass is 19.1. The topological polar surface area (TPSA) is 77.1 Å². The zero-order chi connectivity index (χ0) is 17.6. The third-order valence-electron chi connectivity index (χ3n) is 3.49. The Morgan fingerprint density at radius 3 is 2.70 bits per heavy atom. The van der Waals surface area contributed by atoms with Gasteiger partial charge in [0.2, 0.25) is 0 Å². The molecule has 1 fully saturated rings. The smallest absolute Gasteiger partial charge is 0.253 e. The molecule has 1 amide bonds. The van der Waals surface area contributed by atoms with Crippen LogP contribution in [0.5, 0.6) is 0 Å². The number of hydrogen-bond donors (Lipinski definition) is 0. The number of nitriles is 2. The summed E-state index contributed by atoms with van der Waals surface area (Å²) in [5, 5.41) is 18.7. The van der Waals surface area contributed by atoms with Gasteiger partial charge in [-0.25, -0.2) is 9.45 Å². The molecule has 0 spiro atoms. The summed E-state index contributed by atoms with van der Waals surface area (Å²) in [5.74, 6) is -0.940. The largest absolute Gasteiger partial charge is 0.272 e. The first-order valence-corrected chi connectivity index (χ1v) is 7.21. The van der Waals surface area contributed by atoms with Crippen LogP contribution in [0.2, 0.25) is 0 Å². The van der Waals surface area contributed by atoms with E-state index in [-0.39, 0.29) is 17.9 Å². The standard InChI is InChI=1S/C17H20FN3O2/c1-12(11-20)9-14(18)10-13(2)15-5-8-23-21(15)16(22)17(3,4)6-7-19/h9-10,15H,2,5-6,8H2,1,3-4H3/b12-9+,14-10+/t15-/m0/s1. The average molecular weight is 317 g/mol. The molecule has 1 saturated heterocycles. The molecule has 0 bridgehead atoms. The van der Waals surface area contributed by atoms with E-state index >= 15 is 0 Å². The van der Waals surface area contributed by atoms with Crippen molar-refractivity contribution in [3.05, 3.63) is 35.7 Å². The van der Waals surface area contributed by atoms with Gasteiger partial charge in [0.05, 0.1) is 30.2 Å². The molecule has 1 atom stereocenters. The number of rotatable bonds is 5. The van der Waals surface area contributed by atoms with Gasteiger partial charge >= 0.3 is 0 Å². The van der Waals surface area contributed by atoms with Crippen LogP contribution in [0.25, 0.3) is 0 Å². The lowest BCUT2D eigenvalue weighted by Crippen LogP contribution is -2.43. The van der Waals surface area contributed by atoms with Gasteiger partial charge < -0.3 is 0 Å². The van der Waals surface area contributed by atoms with Crippen LogP contribution in [0.3, 0.4) is 0 Å². The van der Waals surface area contributed by atoms with Crippen molar-refractivity contribution in [1.82, 2.24) is 5.06 Å². The minimum absolute atomic E-state index is 0.0548. The van der Waals surface area contributed by atoms with Gasteiger partial charge in [0.25, 0.3) is 5.91 Å². The highest BCUT2D eigenvalue weighted by Crippen LogP contribution is 2.30. The fourth-order valence-electron chi connectivity index (χ4n) is 2.13. The molecule has 0 radical (unpaired) electrons. The molecular formula is C17H20FN3O2. The summed E-state index contributed by atoms with van der Waals surface area (Å²) in [6.07, 6.45) is 2.85. The van der Waals surface area contributed by atoms with Crippen molar-refractivity contribution in [1.29, 1.82) is 10.5 Å². The maximum absolute atomic E-state index is 13.8. The summed E-state index contributed by atoms with van der Waals surface area (Å²) < 4.78 is 13.8. The number of nitrogens with zero attached hydrogens (tertiary/aromatic N) is 3. The van der Waals surface area contributed by atoms with E-state index in [1.54, 1.807) is 13.8 Å². The van der Waals surface area contributed by atoms with E-state index in [0.29, 0.717) is 18.6 Å². The van der Waals surface area contributed by atoms with E-state index < -0.39 is 17.3 Å². The fourth-order valence-corrected chi connectivity index (χ4v) is 2.13. The molecule has 6 heteroatoms. The van der Waals surface area contributed by atoms with Crippen LogP contribution in [-0.4, -0.2) is 23.6 Å². The van der Waals surface area contributed by atoms with Gasteiger partial charge in [-0.1, -0.05) is 6.58 Å². The number of amides is 1. The molecule has 1 aliphatic heterocycles. The summed E-state index contributed by atoms with van der Waals surface area (Å²) >= 11 is 0. The first-order valence-electron chi connectivity index (χ1n) is 7.21. The highest BCUT2D eigenvalue weighted by Gasteiger charge is 2.39. The summed E-state index contributed by atoms with van der Waals surface area (Å²) in [5.41, 5.74) is -0.280. The quantitative estimate of drug-likeness (QED) is 0.575. The maximum Gasteiger partial charge on any atom is 0.253 e. The first-order chi connectivity index (χ1) is 10.7. The lowest BCUT2D eigenvalue weighted by atomic mass is 9.88. The van der Waals surface area contributed by atoms with Crippen LogP contribution >= 0.6 is 0 Å². The molecule has 5 nitrogen and oxygen atoms in total. The van der Waals surface area contributed by atoms with Crippen LogP contribution in [0.1, 0.15) is 33.6 Å². The maximum atomic E-state index is 13.8. The van der Waals surface area contributed by atoms with Crippen LogP contribution in [0.15, 0.2) is 35.7 Å².